The molecule has 70 valence electrons. The maximum absolute atomic E-state index is 5.43. The van der Waals surface area contributed by atoms with Gasteiger partial charge in [0.05, 0.1) is 12.1 Å². The molecule has 1 aliphatic heterocycles. The average molecular weight is 172 g/mol. The van der Waals surface area contributed by atoms with Crippen molar-refractivity contribution in [2.24, 2.45) is 16.6 Å². The second kappa shape index (κ2) is 4.27. The van der Waals surface area contributed by atoms with Gasteiger partial charge in [-0.3, -0.25) is 5.43 Å². The number of hydrogen-bond acceptors (Lipinski definition) is 3. The fraction of sp³-hybridized carbons (Fsp3) is 0.857. The van der Waals surface area contributed by atoms with E-state index >= 15 is 0 Å². The molecule has 1 saturated heterocycles. The molecule has 1 fully saturated rings. The first-order valence-corrected chi connectivity index (χ1v) is 4.15. The van der Waals surface area contributed by atoms with Gasteiger partial charge in [0, 0.05) is 6.61 Å². The molecule has 0 aromatic rings. The minimum Gasteiger partial charge on any atom is -0.376 e. The zero-order chi connectivity index (χ0) is 8.97. The summed E-state index contributed by atoms with van der Waals surface area (Å²) in [6.07, 6.45) is 2.38. The Hall–Kier alpha value is -0.810. The summed E-state index contributed by atoms with van der Waals surface area (Å²) in [7, 11) is 0. The van der Waals surface area contributed by atoms with Gasteiger partial charge in [0.1, 0.15) is 0 Å². The van der Waals surface area contributed by atoms with Gasteiger partial charge >= 0.3 is 0 Å². The van der Waals surface area contributed by atoms with Crippen LogP contribution in [-0.2, 0) is 4.74 Å². The lowest BCUT2D eigenvalue weighted by atomic mass is 10.1. The lowest BCUT2D eigenvalue weighted by molar-refractivity contribution is 0.0952. The summed E-state index contributed by atoms with van der Waals surface area (Å²) in [4.78, 5) is 4.11. The molecule has 5 nitrogen and oxygen atoms in total. The van der Waals surface area contributed by atoms with Gasteiger partial charge in [-0.1, -0.05) is 0 Å². The predicted molar refractivity (Wildman–Crippen MR) is 47.4 cm³/mol. The van der Waals surface area contributed by atoms with E-state index < -0.39 is 0 Å². The normalized spacial score (nSPS) is 27.2. The Kier molecular flexibility index (Phi) is 3.31. The predicted octanol–water partition coefficient (Wildman–Crippen LogP) is -0.668. The van der Waals surface area contributed by atoms with E-state index in [1.165, 1.54) is 0 Å². The first kappa shape index (κ1) is 9.28. The smallest absolute Gasteiger partial charge is 0.203 e. The van der Waals surface area contributed by atoms with Gasteiger partial charge in [-0.15, -0.1) is 0 Å². The largest absolute Gasteiger partial charge is 0.376 e. The third kappa shape index (κ3) is 2.35. The van der Waals surface area contributed by atoms with Crippen LogP contribution in [0, 0.1) is 0 Å². The maximum atomic E-state index is 5.43. The van der Waals surface area contributed by atoms with E-state index in [1.807, 2.05) is 6.92 Å². The Labute approximate surface area is 72.1 Å². The molecule has 2 unspecified atom stereocenters. The van der Waals surface area contributed by atoms with Gasteiger partial charge in [0.2, 0.25) is 5.96 Å². The third-order valence-corrected chi connectivity index (χ3v) is 1.99. The van der Waals surface area contributed by atoms with Crippen molar-refractivity contribution in [1.82, 2.24) is 5.43 Å². The highest BCUT2D eigenvalue weighted by Crippen LogP contribution is 2.17. The summed E-state index contributed by atoms with van der Waals surface area (Å²) in [5.41, 5.74) is 7.69. The van der Waals surface area contributed by atoms with E-state index in [1.54, 1.807) is 0 Å². The van der Waals surface area contributed by atoms with Crippen molar-refractivity contribution in [3.63, 3.8) is 0 Å². The van der Waals surface area contributed by atoms with Crippen LogP contribution in [0.4, 0.5) is 0 Å². The zero-order valence-electron chi connectivity index (χ0n) is 7.29. The van der Waals surface area contributed by atoms with Crippen LogP contribution in [0.1, 0.15) is 19.8 Å². The molecule has 0 bridgehead atoms. The number of aliphatic imine (C=N–C) groups is 1. The summed E-state index contributed by atoms with van der Waals surface area (Å²) >= 11 is 0. The molecule has 0 aliphatic carbocycles. The van der Waals surface area contributed by atoms with Crippen LogP contribution in [0.5, 0.6) is 0 Å². The number of nitrogens with two attached hydrogens (primary N) is 2. The van der Waals surface area contributed by atoms with Crippen LogP contribution in [0.3, 0.4) is 0 Å². The molecule has 2 atom stereocenters. The molecule has 0 saturated carbocycles. The summed E-state index contributed by atoms with van der Waals surface area (Å²) in [6, 6.07) is 0.0866. The van der Waals surface area contributed by atoms with E-state index in [2.05, 4.69) is 10.4 Å². The first-order chi connectivity index (χ1) is 5.74. The van der Waals surface area contributed by atoms with E-state index in [4.69, 9.17) is 16.3 Å². The van der Waals surface area contributed by atoms with Crippen molar-refractivity contribution >= 4 is 5.96 Å². The fourth-order valence-electron chi connectivity index (χ4n) is 1.32. The van der Waals surface area contributed by atoms with Crippen LogP contribution in [0.25, 0.3) is 0 Å². The molecule has 0 spiro atoms. The van der Waals surface area contributed by atoms with Crippen molar-refractivity contribution in [3.05, 3.63) is 0 Å². The van der Waals surface area contributed by atoms with Crippen LogP contribution in [0.2, 0.25) is 0 Å². The van der Waals surface area contributed by atoms with Crippen molar-refractivity contribution in [1.29, 1.82) is 0 Å². The Balaban J connectivity index is 2.40. The highest BCUT2D eigenvalue weighted by atomic mass is 16.5. The number of hydrazine groups is 1. The quantitative estimate of drug-likeness (QED) is 0.223. The second-order valence-electron chi connectivity index (χ2n) is 2.95. The zero-order valence-corrected chi connectivity index (χ0v) is 7.29. The standard InChI is InChI=1S/C7H16N4O/c1-5(10-7(8)11-9)6-3-2-4-12-6/h5-6H,2-4,9H2,1H3,(H3,8,10,11). The van der Waals surface area contributed by atoms with Crippen LogP contribution in [0.15, 0.2) is 4.99 Å². The Bertz CT molecular complexity index is 165. The Morgan fingerprint density at radius 2 is 2.50 bits per heavy atom. The van der Waals surface area contributed by atoms with Crippen LogP contribution >= 0.6 is 0 Å². The topological polar surface area (TPSA) is 85.7 Å². The number of rotatable bonds is 2. The van der Waals surface area contributed by atoms with Crippen LogP contribution < -0.4 is 17.0 Å². The van der Waals surface area contributed by atoms with E-state index in [0.717, 1.165) is 19.4 Å². The van der Waals surface area contributed by atoms with E-state index in [0.29, 0.717) is 0 Å². The van der Waals surface area contributed by atoms with Gasteiger partial charge in [-0.25, -0.2) is 10.8 Å². The van der Waals surface area contributed by atoms with Gasteiger partial charge in [-0.05, 0) is 19.8 Å². The van der Waals surface area contributed by atoms with E-state index in [-0.39, 0.29) is 18.1 Å². The monoisotopic (exact) mass is 172 g/mol. The number of guanidine groups is 1. The molecule has 1 rings (SSSR count). The minimum absolute atomic E-state index is 0.0866. The number of nitrogens with zero attached hydrogens (tertiary/aromatic N) is 1. The highest BCUT2D eigenvalue weighted by molar-refractivity contribution is 5.77. The summed E-state index contributed by atoms with van der Waals surface area (Å²) in [5, 5.41) is 0. The van der Waals surface area contributed by atoms with Crippen molar-refractivity contribution in [2.75, 3.05) is 6.61 Å². The molecular formula is C7H16N4O. The molecule has 5 N–H and O–H groups in total. The molecule has 1 heterocycles. The summed E-state index contributed by atoms with van der Waals surface area (Å²) in [6.45, 7) is 2.81. The molecule has 5 heteroatoms. The minimum atomic E-state index is 0.0866. The lowest BCUT2D eigenvalue weighted by Gasteiger charge is -2.14. The maximum Gasteiger partial charge on any atom is 0.203 e. The first-order valence-electron chi connectivity index (χ1n) is 4.15. The van der Waals surface area contributed by atoms with Gasteiger partial charge in [0.15, 0.2) is 0 Å². The average Bonchev–Trinajstić information content (AvgIpc) is 2.56. The molecule has 0 radical (unpaired) electrons. The van der Waals surface area contributed by atoms with Crippen molar-refractivity contribution in [3.8, 4) is 0 Å². The second-order valence-corrected chi connectivity index (χ2v) is 2.95. The molecule has 12 heavy (non-hydrogen) atoms. The molecular weight excluding hydrogens is 156 g/mol. The van der Waals surface area contributed by atoms with Crippen LogP contribution in [-0.4, -0.2) is 24.7 Å². The van der Waals surface area contributed by atoms with Crippen molar-refractivity contribution < 1.29 is 4.74 Å². The molecule has 0 aromatic heterocycles. The van der Waals surface area contributed by atoms with Crippen molar-refractivity contribution in [2.45, 2.75) is 31.9 Å². The lowest BCUT2D eigenvalue weighted by Crippen LogP contribution is -2.39. The summed E-state index contributed by atoms with van der Waals surface area (Å²) < 4.78 is 5.43. The number of ether oxygens (including phenoxy) is 1. The number of nitrogens with one attached hydrogen (secondary N) is 1. The Morgan fingerprint density at radius 1 is 1.75 bits per heavy atom. The molecule has 0 aromatic carbocycles. The highest BCUT2D eigenvalue weighted by Gasteiger charge is 2.21. The van der Waals surface area contributed by atoms with E-state index in [9.17, 15) is 0 Å². The Morgan fingerprint density at radius 3 is 3.00 bits per heavy atom. The SMILES string of the molecule is CC(N=C(N)NN)C1CCCO1. The molecule has 1 aliphatic rings. The van der Waals surface area contributed by atoms with Gasteiger partial charge in [-0.2, -0.15) is 0 Å². The number of hydrogen-bond donors (Lipinski definition) is 3. The van der Waals surface area contributed by atoms with Gasteiger partial charge in [0.25, 0.3) is 0 Å². The fourth-order valence-corrected chi connectivity index (χ4v) is 1.32. The molecule has 0 amide bonds. The third-order valence-electron chi connectivity index (χ3n) is 1.99. The van der Waals surface area contributed by atoms with Gasteiger partial charge < -0.3 is 10.5 Å². The summed E-state index contributed by atoms with van der Waals surface area (Å²) in [5.74, 6) is 5.33.